The van der Waals surface area contributed by atoms with E-state index in [1.807, 2.05) is 12.1 Å². The van der Waals surface area contributed by atoms with Crippen molar-refractivity contribution in [1.29, 1.82) is 0 Å². The van der Waals surface area contributed by atoms with Gasteiger partial charge in [0.2, 0.25) is 6.79 Å². The molecule has 5 nitrogen and oxygen atoms in total. The van der Waals surface area contributed by atoms with E-state index >= 15 is 0 Å². The van der Waals surface area contributed by atoms with Crippen molar-refractivity contribution in [1.82, 2.24) is 0 Å². The van der Waals surface area contributed by atoms with Crippen LogP contribution in [0.5, 0.6) is 23.0 Å². The molecule has 0 aromatic heterocycles. The van der Waals surface area contributed by atoms with Crippen LogP contribution >= 0.6 is 11.6 Å². The Morgan fingerprint density at radius 2 is 1.55 bits per heavy atom. The van der Waals surface area contributed by atoms with E-state index < -0.39 is 0 Å². The summed E-state index contributed by atoms with van der Waals surface area (Å²) >= 11 is 6.70. The third kappa shape index (κ3) is 8.67. The van der Waals surface area contributed by atoms with E-state index in [4.69, 9.17) is 30.5 Å². The molecule has 0 atom stereocenters. The molecular weight excluding hydrogens is 637 g/mol. The zero-order valence-corrected chi connectivity index (χ0v) is 27.6. The quantitative estimate of drug-likeness (QED) is 0.121. The highest BCUT2D eigenvalue weighted by Crippen LogP contribution is 2.39. The highest BCUT2D eigenvalue weighted by Gasteiger charge is 2.30. The van der Waals surface area contributed by atoms with Gasteiger partial charge in [0.05, 0.1) is 18.7 Å². The van der Waals surface area contributed by atoms with Gasteiger partial charge in [0.25, 0.3) is 0 Å². The molecule has 0 spiro atoms. The summed E-state index contributed by atoms with van der Waals surface area (Å²) < 4.78 is 25.9. The zero-order chi connectivity index (χ0) is 27.5. The molecule has 0 aliphatic carbocycles. The molecule has 0 radical (unpaired) electrons. The highest BCUT2D eigenvalue weighted by molar-refractivity contribution is 6.31. The number of benzene rings is 2. The van der Waals surface area contributed by atoms with Crippen LogP contribution in [0.4, 0.5) is 0 Å². The lowest BCUT2D eigenvalue weighted by molar-refractivity contribution is -0.545. The smallest absolute Gasteiger partial charge is 0.231 e. The summed E-state index contributed by atoms with van der Waals surface area (Å²) in [5.41, 5.74) is 5.04. The lowest BCUT2D eigenvalue weighted by Crippen LogP contribution is -3.00. The Kier molecular flexibility index (Phi) is 14.2. The molecule has 0 amide bonds. The molecule has 0 saturated carbocycles. The van der Waals surface area contributed by atoms with Gasteiger partial charge in [0.15, 0.2) is 35.3 Å². The minimum Gasteiger partial charge on any atom is -1.00 e. The molecule has 0 N–H and O–H groups in total. The molecule has 222 valence electrons. The summed E-state index contributed by atoms with van der Waals surface area (Å²) in [4.78, 5) is 0. The monoisotopic (exact) mass is 683 g/mol. The molecule has 0 fully saturated rings. The predicted octanol–water partition coefficient (Wildman–Crippen LogP) is 5.74. The zero-order valence-electron chi connectivity index (χ0n) is 24.7. The van der Waals surface area contributed by atoms with E-state index in [-0.39, 0.29) is 30.8 Å². The number of nitrogens with zero attached hydrogens (tertiary/aromatic N) is 1. The Morgan fingerprint density at radius 3 is 2.27 bits per heavy atom. The summed E-state index contributed by atoms with van der Waals surface area (Å²) in [6, 6.07) is 8.26. The first kappa shape index (κ1) is 32.8. The van der Waals surface area contributed by atoms with Crippen molar-refractivity contribution in [2.75, 3.05) is 27.1 Å². The average Bonchev–Trinajstić information content (AvgIpc) is 3.40. The molecule has 40 heavy (non-hydrogen) atoms. The number of methoxy groups -OCH3 is 1. The molecule has 4 rings (SSSR count). The van der Waals surface area contributed by atoms with Crippen molar-refractivity contribution in [2.45, 2.75) is 104 Å². The maximum atomic E-state index is 6.70. The molecule has 7 heteroatoms. The van der Waals surface area contributed by atoms with E-state index in [0.717, 1.165) is 72.5 Å². The van der Waals surface area contributed by atoms with E-state index in [9.17, 15) is 0 Å². The molecule has 0 unspecified atom stereocenters. The first-order valence-electron chi connectivity index (χ1n) is 15.2. The van der Waals surface area contributed by atoms with Crippen LogP contribution in [0, 0.1) is 0 Å². The van der Waals surface area contributed by atoms with Gasteiger partial charge in [-0.3, -0.25) is 0 Å². The van der Waals surface area contributed by atoms with Gasteiger partial charge in [0, 0.05) is 35.6 Å². The van der Waals surface area contributed by atoms with Crippen LogP contribution < -0.4 is 42.9 Å². The van der Waals surface area contributed by atoms with Crippen LogP contribution in [0.2, 0.25) is 5.02 Å². The Bertz CT molecular complexity index is 1120. The van der Waals surface area contributed by atoms with Gasteiger partial charge in [-0.1, -0.05) is 83.2 Å². The van der Waals surface area contributed by atoms with Crippen molar-refractivity contribution in [3.05, 3.63) is 46.0 Å². The van der Waals surface area contributed by atoms with Crippen molar-refractivity contribution >= 4 is 17.3 Å². The fourth-order valence-electron chi connectivity index (χ4n) is 5.70. The second kappa shape index (κ2) is 17.3. The van der Waals surface area contributed by atoms with Gasteiger partial charge >= 0.3 is 0 Å². The molecule has 2 aliphatic heterocycles. The third-order valence-corrected chi connectivity index (χ3v) is 8.28. The van der Waals surface area contributed by atoms with Crippen molar-refractivity contribution in [2.24, 2.45) is 0 Å². The lowest BCUT2D eigenvalue weighted by Gasteiger charge is -2.23. The second-order valence-corrected chi connectivity index (χ2v) is 11.2. The second-order valence-electron chi connectivity index (χ2n) is 10.8. The van der Waals surface area contributed by atoms with Crippen molar-refractivity contribution in [3.63, 3.8) is 0 Å². The van der Waals surface area contributed by atoms with E-state index in [1.54, 1.807) is 7.11 Å². The Labute approximate surface area is 263 Å². The highest BCUT2D eigenvalue weighted by atomic mass is 127. The molecular formula is C33H47ClINO4. The van der Waals surface area contributed by atoms with Crippen LogP contribution in [0.25, 0.3) is 0 Å². The number of rotatable bonds is 17. The minimum absolute atomic E-state index is 0. The molecule has 2 aromatic carbocycles. The fourth-order valence-corrected chi connectivity index (χ4v) is 5.92. The maximum Gasteiger partial charge on any atom is 0.231 e. The van der Waals surface area contributed by atoms with Gasteiger partial charge < -0.3 is 42.9 Å². The normalized spacial score (nSPS) is 13.7. The number of hydrogen-bond donors (Lipinski definition) is 0. The van der Waals surface area contributed by atoms with Crippen molar-refractivity contribution < 1.29 is 47.5 Å². The summed E-state index contributed by atoms with van der Waals surface area (Å²) in [5.74, 6) is 3.29. The first-order valence-corrected chi connectivity index (χ1v) is 15.6. The first-order chi connectivity index (χ1) is 19.2. The van der Waals surface area contributed by atoms with Crippen LogP contribution in [-0.4, -0.2) is 37.3 Å². The topological polar surface area (TPSA) is 39.9 Å². The summed E-state index contributed by atoms with van der Waals surface area (Å²) in [7, 11) is 1.74. The fraction of sp³-hybridized carbons (Fsp3) is 0.606. The SMILES string of the molecule is CCCCCCCCOc1c(OC)ccc2c1CC[N+](Cc1cc3c(cc1Cl)OCO3)=C2CCCCCCC.[I-]. The van der Waals surface area contributed by atoms with Crippen LogP contribution in [0.1, 0.15) is 108 Å². The van der Waals surface area contributed by atoms with Crippen molar-refractivity contribution in [3.8, 4) is 23.0 Å². The number of unbranched alkanes of at least 4 members (excludes halogenated alkanes) is 9. The largest absolute Gasteiger partial charge is 1.00 e. The Hall–Kier alpha value is -1.67. The number of hydrogen-bond acceptors (Lipinski definition) is 4. The molecule has 2 aromatic rings. The average molecular weight is 684 g/mol. The van der Waals surface area contributed by atoms with Crippen LogP contribution in [-0.2, 0) is 13.0 Å². The van der Waals surface area contributed by atoms with Crippen LogP contribution in [0.15, 0.2) is 24.3 Å². The molecule has 2 heterocycles. The molecule has 0 saturated heterocycles. The van der Waals surface area contributed by atoms with Gasteiger partial charge in [0.1, 0.15) is 6.54 Å². The summed E-state index contributed by atoms with van der Waals surface area (Å²) in [6.45, 7) is 7.19. The Balaban J connectivity index is 0.00000441. The van der Waals surface area contributed by atoms with E-state index in [0.29, 0.717) is 0 Å². The van der Waals surface area contributed by atoms with E-state index in [2.05, 4.69) is 30.6 Å². The van der Waals surface area contributed by atoms with Gasteiger partial charge in [-0.2, -0.15) is 0 Å². The number of fused-ring (bicyclic) bond motifs is 2. The van der Waals surface area contributed by atoms with E-state index in [1.165, 1.54) is 81.0 Å². The van der Waals surface area contributed by atoms with Crippen LogP contribution in [0.3, 0.4) is 0 Å². The standard InChI is InChI=1S/C33H47ClNO4.HI/c1-4-6-8-10-12-14-20-37-33-27-18-19-35(23-25-21-31-32(22-28(25)34)39-24-38-31)29(15-13-11-9-7-5-2)26(27)16-17-30(33)36-3;/h16-17,21-22H,4-15,18-20,23-24H2,1-3H3;1H/q+1;/p-1. The molecule has 0 bridgehead atoms. The Morgan fingerprint density at radius 1 is 0.875 bits per heavy atom. The van der Waals surface area contributed by atoms with Gasteiger partial charge in [-0.05, 0) is 31.0 Å². The summed E-state index contributed by atoms with van der Waals surface area (Å²) in [5, 5.41) is 0.727. The van der Waals surface area contributed by atoms with Gasteiger partial charge in [-0.15, -0.1) is 0 Å². The van der Waals surface area contributed by atoms with Gasteiger partial charge in [-0.25, -0.2) is 4.58 Å². The predicted molar refractivity (Wildman–Crippen MR) is 159 cm³/mol. The number of ether oxygens (including phenoxy) is 4. The number of halogens is 2. The summed E-state index contributed by atoms with van der Waals surface area (Å²) in [6.07, 6.45) is 15.8. The third-order valence-electron chi connectivity index (χ3n) is 7.93. The lowest BCUT2D eigenvalue weighted by atomic mass is 9.92. The maximum absolute atomic E-state index is 6.70. The minimum atomic E-state index is 0. The molecule has 2 aliphatic rings.